The number of likely N-dealkylation sites (N-methyl/N-ethyl adjacent to an activating group) is 1. The third kappa shape index (κ3) is 6.26. The van der Waals surface area contributed by atoms with Gasteiger partial charge in [0.25, 0.3) is 5.91 Å². The van der Waals surface area contributed by atoms with E-state index in [-0.39, 0.29) is 11.7 Å². The largest absolute Gasteiger partial charge is 0.374 e. The zero-order valence-corrected chi connectivity index (χ0v) is 18.4. The summed E-state index contributed by atoms with van der Waals surface area (Å²) in [6.07, 6.45) is -0.666. The molecule has 3 aromatic carbocycles. The maximum Gasteiger partial charge on any atom is 0.254 e. The maximum absolute atomic E-state index is 13.1. The standard InChI is InChI=1S/C26H29N3O3/c1-19(30)28-24-14-12-23(13-15-24)26(32)29(17-16-27-2)18-20-8-10-22(11-9-20)25(31)21-6-4-3-5-7-21/h3-15,19,27-28,30H,16-18H2,1-2H3. The third-order valence-corrected chi connectivity index (χ3v) is 5.05. The van der Waals surface area contributed by atoms with E-state index in [2.05, 4.69) is 10.6 Å². The SMILES string of the molecule is CNCCN(Cc1ccc(C(=O)c2ccccc2)cc1)C(=O)c1ccc(NC(C)O)cc1. The molecule has 0 radical (unpaired) electrons. The molecule has 3 rings (SSSR count). The number of benzene rings is 3. The van der Waals surface area contributed by atoms with E-state index < -0.39 is 6.23 Å². The molecule has 1 amide bonds. The molecule has 0 bridgehead atoms. The fraction of sp³-hybridized carbons (Fsp3) is 0.231. The zero-order chi connectivity index (χ0) is 22.9. The van der Waals surface area contributed by atoms with Gasteiger partial charge in [-0.1, -0.05) is 54.6 Å². The number of aliphatic hydroxyl groups excluding tert-OH is 1. The molecule has 0 aliphatic rings. The minimum atomic E-state index is -0.666. The summed E-state index contributed by atoms with van der Waals surface area (Å²) in [5.74, 6) is -0.0977. The number of hydrogen-bond donors (Lipinski definition) is 3. The molecule has 0 fully saturated rings. The number of hydrogen-bond acceptors (Lipinski definition) is 5. The van der Waals surface area contributed by atoms with Crippen molar-refractivity contribution in [2.75, 3.05) is 25.5 Å². The Morgan fingerprint density at radius 1 is 0.875 bits per heavy atom. The molecule has 6 nitrogen and oxygen atoms in total. The second-order valence-electron chi connectivity index (χ2n) is 7.62. The lowest BCUT2D eigenvalue weighted by molar-refractivity contribution is 0.0745. The molecule has 1 unspecified atom stereocenters. The van der Waals surface area contributed by atoms with Gasteiger partial charge in [-0.2, -0.15) is 0 Å². The first-order valence-electron chi connectivity index (χ1n) is 10.6. The van der Waals surface area contributed by atoms with Gasteiger partial charge in [-0.05, 0) is 43.8 Å². The van der Waals surface area contributed by atoms with Gasteiger partial charge in [0.15, 0.2) is 5.78 Å². The van der Waals surface area contributed by atoms with Crippen molar-refractivity contribution < 1.29 is 14.7 Å². The molecule has 6 heteroatoms. The molecular weight excluding hydrogens is 402 g/mol. The molecule has 32 heavy (non-hydrogen) atoms. The Hall–Kier alpha value is -3.48. The molecule has 1 atom stereocenters. The van der Waals surface area contributed by atoms with Gasteiger partial charge >= 0.3 is 0 Å². The maximum atomic E-state index is 13.1. The highest BCUT2D eigenvalue weighted by Crippen LogP contribution is 2.16. The van der Waals surface area contributed by atoms with Gasteiger partial charge in [-0.15, -0.1) is 0 Å². The molecular formula is C26H29N3O3. The Bertz CT molecular complexity index is 1020. The van der Waals surface area contributed by atoms with Crippen LogP contribution in [0.4, 0.5) is 5.69 Å². The van der Waals surface area contributed by atoms with Gasteiger partial charge < -0.3 is 20.6 Å². The van der Waals surface area contributed by atoms with Gasteiger partial charge in [0.05, 0.1) is 0 Å². The minimum absolute atomic E-state index is 0.0221. The normalized spacial score (nSPS) is 11.6. The van der Waals surface area contributed by atoms with E-state index >= 15 is 0 Å². The van der Waals surface area contributed by atoms with Gasteiger partial charge in [-0.25, -0.2) is 0 Å². The average Bonchev–Trinajstić information content (AvgIpc) is 2.82. The molecule has 0 spiro atoms. The van der Waals surface area contributed by atoms with E-state index in [1.165, 1.54) is 0 Å². The van der Waals surface area contributed by atoms with Crippen LogP contribution in [-0.2, 0) is 6.54 Å². The van der Waals surface area contributed by atoms with Crippen molar-refractivity contribution in [1.29, 1.82) is 0 Å². The monoisotopic (exact) mass is 431 g/mol. The highest BCUT2D eigenvalue weighted by Gasteiger charge is 2.17. The van der Waals surface area contributed by atoms with Crippen molar-refractivity contribution in [2.45, 2.75) is 19.7 Å². The van der Waals surface area contributed by atoms with Crippen LogP contribution in [0.1, 0.15) is 38.8 Å². The van der Waals surface area contributed by atoms with E-state index in [9.17, 15) is 14.7 Å². The number of aliphatic hydroxyl groups is 1. The van der Waals surface area contributed by atoms with E-state index in [1.807, 2.05) is 49.5 Å². The number of ketones is 1. The second-order valence-corrected chi connectivity index (χ2v) is 7.62. The molecule has 166 valence electrons. The predicted molar refractivity (Wildman–Crippen MR) is 127 cm³/mol. The summed E-state index contributed by atoms with van der Waals surface area (Å²) < 4.78 is 0. The molecule has 0 aliphatic heterocycles. The highest BCUT2D eigenvalue weighted by molar-refractivity contribution is 6.08. The molecule has 0 aromatic heterocycles. The fourth-order valence-electron chi connectivity index (χ4n) is 3.37. The lowest BCUT2D eigenvalue weighted by atomic mass is 10.0. The van der Waals surface area contributed by atoms with Gasteiger partial charge in [0, 0.05) is 42.0 Å². The number of nitrogens with zero attached hydrogens (tertiary/aromatic N) is 1. The topological polar surface area (TPSA) is 81.7 Å². The van der Waals surface area contributed by atoms with Gasteiger partial charge in [-0.3, -0.25) is 9.59 Å². The van der Waals surface area contributed by atoms with E-state index in [4.69, 9.17) is 0 Å². The summed E-state index contributed by atoms with van der Waals surface area (Å²) in [5.41, 5.74) is 3.55. The van der Waals surface area contributed by atoms with Crippen LogP contribution in [0.25, 0.3) is 0 Å². The number of carbonyl (C=O) groups is 2. The number of amides is 1. The highest BCUT2D eigenvalue weighted by atomic mass is 16.3. The average molecular weight is 432 g/mol. The number of anilines is 1. The number of nitrogens with one attached hydrogen (secondary N) is 2. The van der Waals surface area contributed by atoms with Crippen LogP contribution in [-0.4, -0.2) is 48.1 Å². The lowest BCUT2D eigenvalue weighted by Crippen LogP contribution is -2.35. The summed E-state index contributed by atoms with van der Waals surface area (Å²) in [6.45, 7) is 3.29. The number of rotatable bonds is 10. The zero-order valence-electron chi connectivity index (χ0n) is 18.4. The molecule has 0 saturated carbocycles. The Kier molecular flexibility index (Phi) is 8.14. The van der Waals surface area contributed by atoms with Gasteiger partial charge in [0.2, 0.25) is 0 Å². The van der Waals surface area contributed by atoms with Crippen LogP contribution in [0.3, 0.4) is 0 Å². The van der Waals surface area contributed by atoms with Crippen molar-refractivity contribution in [1.82, 2.24) is 10.2 Å². The van der Waals surface area contributed by atoms with Crippen molar-refractivity contribution in [3.63, 3.8) is 0 Å². The molecule has 3 N–H and O–H groups in total. The van der Waals surface area contributed by atoms with E-state index in [1.54, 1.807) is 48.2 Å². The molecule has 3 aromatic rings. The van der Waals surface area contributed by atoms with Crippen LogP contribution in [0, 0.1) is 0 Å². The van der Waals surface area contributed by atoms with Crippen LogP contribution in [0.15, 0.2) is 78.9 Å². The first kappa shape index (κ1) is 23.2. The predicted octanol–water partition coefficient (Wildman–Crippen LogP) is 3.53. The first-order valence-corrected chi connectivity index (χ1v) is 10.6. The van der Waals surface area contributed by atoms with Crippen LogP contribution >= 0.6 is 0 Å². The third-order valence-electron chi connectivity index (χ3n) is 5.05. The van der Waals surface area contributed by atoms with Crippen LogP contribution < -0.4 is 10.6 Å². The van der Waals surface area contributed by atoms with E-state index in [0.717, 1.165) is 11.3 Å². The lowest BCUT2D eigenvalue weighted by Gasteiger charge is -2.23. The van der Waals surface area contributed by atoms with Crippen molar-refractivity contribution in [3.8, 4) is 0 Å². The Morgan fingerprint density at radius 3 is 2.06 bits per heavy atom. The Morgan fingerprint density at radius 2 is 1.47 bits per heavy atom. The van der Waals surface area contributed by atoms with Crippen LogP contribution in [0.2, 0.25) is 0 Å². The minimum Gasteiger partial charge on any atom is -0.374 e. The smallest absolute Gasteiger partial charge is 0.254 e. The van der Waals surface area contributed by atoms with Crippen molar-refractivity contribution in [3.05, 3.63) is 101 Å². The van der Waals surface area contributed by atoms with Crippen molar-refractivity contribution >= 4 is 17.4 Å². The number of carbonyl (C=O) groups excluding carboxylic acids is 2. The van der Waals surface area contributed by atoms with Gasteiger partial charge in [0.1, 0.15) is 6.23 Å². The summed E-state index contributed by atoms with van der Waals surface area (Å²) >= 11 is 0. The fourth-order valence-corrected chi connectivity index (χ4v) is 3.37. The first-order chi connectivity index (χ1) is 15.5. The molecule has 0 aliphatic carbocycles. The molecule has 0 heterocycles. The summed E-state index contributed by atoms with van der Waals surface area (Å²) in [7, 11) is 1.85. The Balaban J connectivity index is 1.72. The second kappa shape index (κ2) is 11.2. The summed E-state index contributed by atoms with van der Waals surface area (Å²) in [6, 6.07) is 23.6. The molecule has 0 saturated heterocycles. The summed E-state index contributed by atoms with van der Waals surface area (Å²) in [5, 5.41) is 15.4. The quantitative estimate of drug-likeness (QED) is 0.338. The summed E-state index contributed by atoms with van der Waals surface area (Å²) in [4.78, 5) is 27.5. The van der Waals surface area contributed by atoms with Crippen molar-refractivity contribution in [2.24, 2.45) is 0 Å². The van der Waals surface area contributed by atoms with Crippen LogP contribution in [0.5, 0.6) is 0 Å². The van der Waals surface area contributed by atoms with E-state index in [0.29, 0.717) is 36.3 Å². The Labute approximate surface area is 188 Å².